The molecular formula is C58H43NO. The highest BCUT2D eigenvalue weighted by atomic mass is 16.3. The van der Waals surface area contributed by atoms with Crippen molar-refractivity contribution in [2.45, 2.75) is 38.5 Å². The summed E-state index contributed by atoms with van der Waals surface area (Å²) in [6.07, 6.45) is 0. The second-order valence-electron chi connectivity index (χ2n) is 17.7. The van der Waals surface area contributed by atoms with Crippen LogP contribution in [0.4, 0.5) is 17.1 Å². The standard InChI is InChI=1S/C58H43NO/c1-57(2)49-21-13-22-52(54(49)48-35-50-47(34-51(48)57)45-33-28-38-16-8-9-17-42(38)55(45)58(50,3)4)59(40-29-24-37(25-30-40)36-14-6-5-7-15-36)41-31-26-39(27-32-41)43-19-12-20-46-44-18-10-11-23-53(44)60-56(43)46/h5-35H,1-4H3. The number of rotatable bonds is 5. The Morgan fingerprint density at radius 2 is 1.02 bits per heavy atom. The third-order valence-electron chi connectivity index (χ3n) is 13.6. The lowest BCUT2D eigenvalue weighted by Crippen LogP contribution is -2.17. The minimum Gasteiger partial charge on any atom is -0.455 e. The third kappa shape index (κ3) is 4.94. The first-order valence-electron chi connectivity index (χ1n) is 21.1. The van der Waals surface area contributed by atoms with Gasteiger partial charge in [0.1, 0.15) is 11.2 Å². The van der Waals surface area contributed by atoms with E-state index in [4.69, 9.17) is 4.42 Å². The highest BCUT2D eigenvalue weighted by molar-refractivity contribution is 6.09. The summed E-state index contributed by atoms with van der Waals surface area (Å²) in [4.78, 5) is 2.46. The molecule has 2 aliphatic carbocycles. The summed E-state index contributed by atoms with van der Waals surface area (Å²) < 4.78 is 6.48. The molecule has 1 aromatic heterocycles. The quantitative estimate of drug-likeness (QED) is 0.173. The zero-order valence-electron chi connectivity index (χ0n) is 34.3. The molecule has 0 amide bonds. The van der Waals surface area contributed by atoms with Gasteiger partial charge in [-0.1, -0.05) is 167 Å². The molecule has 12 rings (SSSR count). The summed E-state index contributed by atoms with van der Waals surface area (Å²) in [5.41, 5.74) is 20.4. The van der Waals surface area contributed by atoms with Gasteiger partial charge in [-0.2, -0.15) is 0 Å². The van der Waals surface area contributed by atoms with Crippen LogP contribution < -0.4 is 4.90 Å². The van der Waals surface area contributed by atoms with Gasteiger partial charge in [0.05, 0.1) is 5.69 Å². The van der Waals surface area contributed by atoms with Crippen LogP contribution in [0, 0.1) is 0 Å². The minimum absolute atomic E-state index is 0.159. The van der Waals surface area contributed by atoms with Crippen molar-refractivity contribution in [3.63, 3.8) is 0 Å². The summed E-state index contributed by atoms with van der Waals surface area (Å²) in [7, 11) is 0. The van der Waals surface area contributed by atoms with Gasteiger partial charge in [-0.05, 0) is 115 Å². The van der Waals surface area contributed by atoms with Crippen molar-refractivity contribution >= 4 is 49.8 Å². The average Bonchev–Trinajstić information content (AvgIpc) is 3.86. The summed E-state index contributed by atoms with van der Waals surface area (Å²) in [6.45, 7) is 9.64. The fourth-order valence-corrected chi connectivity index (χ4v) is 10.7. The van der Waals surface area contributed by atoms with Crippen molar-refractivity contribution in [1.82, 2.24) is 0 Å². The van der Waals surface area contributed by atoms with E-state index in [2.05, 4.69) is 215 Å². The van der Waals surface area contributed by atoms with E-state index in [1.165, 1.54) is 72.1 Å². The van der Waals surface area contributed by atoms with Gasteiger partial charge in [-0.15, -0.1) is 0 Å². The maximum atomic E-state index is 6.48. The van der Waals surface area contributed by atoms with Crippen molar-refractivity contribution in [3.05, 3.63) is 210 Å². The van der Waals surface area contributed by atoms with Gasteiger partial charge in [0.15, 0.2) is 0 Å². The Balaban J connectivity index is 1.04. The lowest BCUT2D eigenvalue weighted by atomic mass is 9.78. The number of benzene rings is 9. The van der Waals surface area contributed by atoms with Crippen LogP contribution in [0.5, 0.6) is 0 Å². The number of hydrogen-bond acceptors (Lipinski definition) is 2. The molecule has 0 aliphatic heterocycles. The van der Waals surface area contributed by atoms with E-state index in [-0.39, 0.29) is 10.8 Å². The zero-order chi connectivity index (χ0) is 40.3. The molecule has 2 nitrogen and oxygen atoms in total. The molecule has 0 radical (unpaired) electrons. The zero-order valence-corrected chi connectivity index (χ0v) is 34.3. The molecule has 286 valence electrons. The molecule has 1 heterocycles. The summed E-state index contributed by atoms with van der Waals surface area (Å²) >= 11 is 0. The van der Waals surface area contributed by atoms with Gasteiger partial charge in [0, 0.05) is 44.1 Å². The van der Waals surface area contributed by atoms with Crippen LogP contribution in [0.25, 0.3) is 77.2 Å². The summed E-state index contributed by atoms with van der Waals surface area (Å²) in [6, 6.07) is 69.1. The Kier molecular flexibility index (Phi) is 7.36. The number of fused-ring (bicyclic) bond motifs is 11. The van der Waals surface area contributed by atoms with Crippen LogP contribution >= 0.6 is 0 Å². The Morgan fingerprint density at radius 3 is 1.80 bits per heavy atom. The molecule has 0 N–H and O–H groups in total. The minimum atomic E-state index is -0.197. The van der Waals surface area contributed by atoms with Crippen molar-refractivity contribution < 1.29 is 4.42 Å². The molecule has 9 aromatic carbocycles. The molecule has 2 heteroatoms. The number of anilines is 3. The molecule has 0 fully saturated rings. The molecule has 0 atom stereocenters. The number of para-hydroxylation sites is 2. The van der Waals surface area contributed by atoms with E-state index in [9.17, 15) is 0 Å². The fourth-order valence-electron chi connectivity index (χ4n) is 10.7. The Labute approximate surface area is 351 Å². The lowest BCUT2D eigenvalue weighted by Gasteiger charge is -2.29. The van der Waals surface area contributed by atoms with Crippen LogP contribution in [-0.4, -0.2) is 0 Å². The van der Waals surface area contributed by atoms with Gasteiger partial charge >= 0.3 is 0 Å². The topological polar surface area (TPSA) is 16.4 Å². The molecule has 0 spiro atoms. The molecule has 0 saturated carbocycles. The van der Waals surface area contributed by atoms with Crippen LogP contribution in [0.2, 0.25) is 0 Å². The second-order valence-corrected chi connectivity index (χ2v) is 17.7. The molecular weight excluding hydrogens is 727 g/mol. The van der Waals surface area contributed by atoms with Crippen molar-refractivity contribution in [1.29, 1.82) is 0 Å². The average molecular weight is 770 g/mol. The van der Waals surface area contributed by atoms with Gasteiger partial charge < -0.3 is 9.32 Å². The Morgan fingerprint density at radius 1 is 0.400 bits per heavy atom. The first-order chi connectivity index (χ1) is 29.3. The predicted molar refractivity (Wildman–Crippen MR) is 252 cm³/mol. The Hall–Kier alpha value is -7.16. The van der Waals surface area contributed by atoms with Crippen molar-refractivity contribution in [2.24, 2.45) is 0 Å². The van der Waals surface area contributed by atoms with Crippen molar-refractivity contribution in [2.75, 3.05) is 4.90 Å². The Bertz CT molecular complexity index is 3350. The summed E-state index contributed by atoms with van der Waals surface area (Å²) in [5, 5.41) is 4.93. The highest BCUT2D eigenvalue weighted by Crippen LogP contribution is 2.59. The van der Waals surface area contributed by atoms with E-state index in [1.54, 1.807) is 0 Å². The van der Waals surface area contributed by atoms with Crippen LogP contribution in [0.1, 0.15) is 49.9 Å². The SMILES string of the molecule is CC1(C)c2cc3c(cc2-c2c(N(c4ccc(-c5ccccc5)cc4)c4ccc(-c5cccc6c5oc5ccccc56)cc4)cccc21)C(C)(C)c1c-3ccc2ccccc12. The van der Waals surface area contributed by atoms with Crippen LogP contribution in [0.15, 0.2) is 192 Å². The third-order valence-corrected chi connectivity index (χ3v) is 13.6. The van der Waals surface area contributed by atoms with Gasteiger partial charge in [-0.25, -0.2) is 0 Å². The smallest absolute Gasteiger partial charge is 0.143 e. The van der Waals surface area contributed by atoms with E-state index in [0.29, 0.717) is 0 Å². The number of furan rings is 1. The molecule has 0 bridgehead atoms. The van der Waals surface area contributed by atoms with E-state index in [0.717, 1.165) is 44.4 Å². The predicted octanol–water partition coefficient (Wildman–Crippen LogP) is 16.2. The maximum Gasteiger partial charge on any atom is 0.143 e. The summed E-state index contributed by atoms with van der Waals surface area (Å²) in [5.74, 6) is 0. The van der Waals surface area contributed by atoms with E-state index in [1.807, 2.05) is 6.07 Å². The van der Waals surface area contributed by atoms with Crippen molar-refractivity contribution in [3.8, 4) is 44.5 Å². The lowest BCUT2D eigenvalue weighted by molar-refractivity contribution is 0.654. The molecule has 2 aliphatic rings. The first-order valence-corrected chi connectivity index (χ1v) is 21.1. The molecule has 0 unspecified atom stereocenters. The van der Waals surface area contributed by atoms with Gasteiger partial charge in [0.2, 0.25) is 0 Å². The molecule has 10 aromatic rings. The first kappa shape index (κ1) is 34.8. The normalized spacial score (nSPS) is 14.3. The second kappa shape index (κ2) is 12.7. The van der Waals surface area contributed by atoms with Gasteiger partial charge in [0.25, 0.3) is 0 Å². The fraction of sp³-hybridized carbons (Fsp3) is 0.103. The highest BCUT2D eigenvalue weighted by Gasteiger charge is 2.43. The largest absolute Gasteiger partial charge is 0.455 e. The van der Waals surface area contributed by atoms with E-state index < -0.39 is 0 Å². The van der Waals surface area contributed by atoms with Gasteiger partial charge in [-0.3, -0.25) is 0 Å². The maximum absolute atomic E-state index is 6.48. The van der Waals surface area contributed by atoms with E-state index >= 15 is 0 Å². The van der Waals surface area contributed by atoms with Crippen LogP contribution in [0.3, 0.4) is 0 Å². The monoisotopic (exact) mass is 769 g/mol. The van der Waals surface area contributed by atoms with Crippen LogP contribution in [-0.2, 0) is 10.8 Å². The molecule has 0 saturated heterocycles. The number of nitrogens with zero attached hydrogens (tertiary/aromatic N) is 1. The number of hydrogen-bond donors (Lipinski definition) is 0. The molecule has 60 heavy (non-hydrogen) atoms.